The van der Waals surface area contributed by atoms with Gasteiger partial charge in [0, 0.05) is 35.7 Å². The number of aromatic nitrogens is 1. The van der Waals surface area contributed by atoms with Crippen LogP contribution in [0, 0.1) is 32.4 Å². The van der Waals surface area contributed by atoms with Crippen molar-refractivity contribution in [3.05, 3.63) is 306 Å². The van der Waals surface area contributed by atoms with Crippen LogP contribution in [0.5, 0.6) is 34.5 Å². The first kappa shape index (κ1) is 83.8. The van der Waals surface area contributed by atoms with Gasteiger partial charge in [0.25, 0.3) is 23.6 Å². The molecule has 5 heterocycles. The molecule has 115 heavy (non-hydrogen) atoms. The van der Waals surface area contributed by atoms with Crippen molar-refractivity contribution in [2.45, 2.75) is 61.3 Å². The first-order valence-corrected chi connectivity index (χ1v) is 40.1. The van der Waals surface area contributed by atoms with Gasteiger partial charge in [-0.2, -0.15) is 0 Å². The Hall–Kier alpha value is -12.1. The maximum Gasteiger partial charge on any atom is 0.271 e. The predicted octanol–water partition coefficient (Wildman–Crippen LogP) is 21.0. The molecule has 4 fully saturated rings. The van der Waals surface area contributed by atoms with Gasteiger partial charge in [-0.1, -0.05) is 77.3 Å². The van der Waals surface area contributed by atoms with Crippen LogP contribution in [0.1, 0.15) is 78.8 Å². The number of allylic oxidation sites excluding steroid dienone is 1. The number of aryl methyl sites for hydroxylation is 4. The number of halogens is 3. The summed E-state index contributed by atoms with van der Waals surface area (Å²) in [5.41, 5.74) is 11.4. The van der Waals surface area contributed by atoms with E-state index in [0.717, 1.165) is 85.2 Å². The minimum absolute atomic E-state index is 0.00546. The fourth-order valence-electron chi connectivity index (χ4n) is 11.4. The zero-order chi connectivity index (χ0) is 81.8. The number of anilines is 2. The Morgan fingerprint density at radius 2 is 1.03 bits per heavy atom. The van der Waals surface area contributed by atoms with E-state index in [2.05, 4.69) is 26.9 Å². The van der Waals surface area contributed by atoms with Gasteiger partial charge in [-0.3, -0.25) is 38.9 Å². The van der Waals surface area contributed by atoms with Crippen LogP contribution in [0.15, 0.2) is 265 Å². The summed E-state index contributed by atoms with van der Waals surface area (Å²) < 4.78 is 39.6. The normalized spacial score (nSPS) is 16.7. The number of phenolic OH excluding ortho intramolecular Hbond substituents is 4. The average Bonchev–Trinajstić information content (AvgIpc) is 1.65. The summed E-state index contributed by atoms with van der Waals surface area (Å²) in [6.07, 6.45) is 12.3. The molecule has 19 nitrogen and oxygen atoms in total. The summed E-state index contributed by atoms with van der Waals surface area (Å²) in [7, 11) is 0. The van der Waals surface area contributed by atoms with Crippen LogP contribution in [-0.2, 0) is 25.6 Å². The Balaban J connectivity index is 0.000000151. The summed E-state index contributed by atoms with van der Waals surface area (Å²) >= 11 is 11.2. The molecule has 14 rings (SSSR count). The van der Waals surface area contributed by atoms with Gasteiger partial charge in [0.15, 0.2) is 43.7 Å². The number of hydrogen-bond acceptors (Lipinski definition) is 18. The lowest BCUT2D eigenvalue weighted by molar-refractivity contribution is -0.122. The number of carbonyl (C=O) groups excluding carboxylic acids is 4. The highest BCUT2D eigenvalue weighted by molar-refractivity contribution is 8.20. The molecular weight excluding hydrogens is 1560 g/mol. The third kappa shape index (κ3) is 22.0. The number of nitrogens with one attached hydrogen (secondary N) is 1. The minimum Gasteiger partial charge on any atom is -0.508 e. The van der Waals surface area contributed by atoms with Gasteiger partial charge in [-0.05, 0) is 318 Å². The molecule has 0 saturated carbocycles. The van der Waals surface area contributed by atoms with Gasteiger partial charge in [-0.15, -0.1) is 6.58 Å². The Morgan fingerprint density at radius 1 is 0.522 bits per heavy atom. The lowest BCUT2D eigenvalue weighted by Crippen LogP contribution is -2.28. The van der Waals surface area contributed by atoms with Crippen LogP contribution >= 0.6 is 58.6 Å². The van der Waals surface area contributed by atoms with Gasteiger partial charge < -0.3 is 39.8 Å². The van der Waals surface area contributed by atoms with Crippen LogP contribution in [0.3, 0.4) is 0 Å². The fraction of sp³-hybridized carbons (Fsp3) is 0.146. The molecule has 4 aliphatic heterocycles. The van der Waals surface area contributed by atoms with Crippen molar-refractivity contribution in [1.82, 2.24) is 14.8 Å². The number of ether oxygens (including phenoxy) is 2. The second kappa shape index (κ2) is 39.6. The van der Waals surface area contributed by atoms with Gasteiger partial charge in [0.05, 0.1) is 61.3 Å². The number of amidine groups is 4. The third-order valence-electron chi connectivity index (χ3n) is 17.2. The van der Waals surface area contributed by atoms with Crippen LogP contribution in [-0.4, -0.2) is 100 Å². The largest absolute Gasteiger partial charge is 0.508 e. The maximum atomic E-state index is 13.4. The topological polar surface area (TPSA) is 244 Å². The molecule has 0 unspecified atom stereocenters. The number of hydrogen-bond donors (Lipinski definition) is 5. The van der Waals surface area contributed by atoms with Gasteiger partial charge >= 0.3 is 0 Å². The first-order chi connectivity index (χ1) is 55.5. The van der Waals surface area contributed by atoms with Crippen LogP contribution < -0.4 is 24.6 Å². The standard InChI is InChI=1S/C24H18F2N2O3S.C24H20N2O2S.C21H16ClN3O2S.C20H26N2O3S/c1-2-31-21-13-15(3-12-20(21)29)14-22-23(30)28(19-10-6-17(26)7-11-19)24(32-22)27-18-8-4-16(25)5-9-18;1-16-3-9-19(10-4-16)25-24-26(20-11-5-17(2)6-12-20)23(28)22(29-24)15-18-7-13-21(27)14-8-18;1-13-4-5-14(22)11-18(13)23-21-24-20(27)19(28-21)12-16-3-2-10-25(16)15-6-8-17(26)9-7-15;1-5-9-10-15-11-14(12-16(18(15)23)25-8-4)13-17-19(24)22(7-3)20(26-17)21-6-2/h3-14,29H,2H2,1H3;3-15,27H,1-2H3;2-12,26H,1H3,(H,23,24,27);5,11-13,23H,1,6-10H2,2-4H3/b22-14-,27-24?;22-15-,25-24?;19-12-;17-13-,21-20?. The van der Waals surface area contributed by atoms with E-state index in [4.69, 9.17) is 26.1 Å². The number of amides is 4. The Bertz CT molecular complexity index is 5520. The molecule has 586 valence electrons. The number of aromatic hydroxyl groups is 4. The highest BCUT2D eigenvalue weighted by atomic mass is 35.5. The molecule has 26 heteroatoms. The van der Waals surface area contributed by atoms with Crippen LogP contribution in [0.2, 0.25) is 5.02 Å². The molecule has 5 N–H and O–H groups in total. The van der Waals surface area contributed by atoms with E-state index >= 15 is 0 Å². The van der Waals surface area contributed by atoms with Crippen molar-refractivity contribution in [1.29, 1.82) is 0 Å². The quantitative estimate of drug-likeness (QED) is 0.0374. The maximum absolute atomic E-state index is 13.4. The molecule has 10 aromatic rings. The Morgan fingerprint density at radius 3 is 1.63 bits per heavy atom. The van der Waals surface area contributed by atoms with Crippen molar-refractivity contribution in [3.63, 3.8) is 0 Å². The SMILES string of the molecule is C=CCCc1cc(/C=C2\SC(=NCC)N(CC)C2=O)cc(OCC)c1O.CCOc1cc(/C=C2\SC(=Nc3ccc(F)cc3)N(c3ccc(F)cc3)C2=O)ccc1O.Cc1ccc(Cl)cc1N=C1NC(=O)/C(=C/c2cccn2-c2ccc(O)cc2)S1.Cc1ccc(N=C2S/C(=C\c3ccc(O)cc3)C(=O)N2c2ccc(C)cc2)cc1. The Kier molecular flexibility index (Phi) is 28.8. The van der Waals surface area contributed by atoms with E-state index in [1.807, 2.05) is 168 Å². The predicted molar refractivity (Wildman–Crippen MR) is 466 cm³/mol. The highest BCUT2D eigenvalue weighted by Crippen LogP contribution is 2.42. The molecule has 0 radical (unpaired) electrons. The van der Waals surface area contributed by atoms with Crippen molar-refractivity contribution in [2.75, 3.05) is 36.1 Å². The molecule has 0 bridgehead atoms. The molecule has 4 saturated heterocycles. The number of rotatable bonds is 19. The molecule has 0 atom stereocenters. The first-order valence-electron chi connectivity index (χ1n) is 36.4. The highest BCUT2D eigenvalue weighted by Gasteiger charge is 2.37. The fourth-order valence-corrected chi connectivity index (χ4v) is 15.5. The number of nitrogens with zero attached hydrogens (tertiary/aromatic N) is 8. The zero-order valence-corrected chi connectivity index (χ0v) is 67.6. The van der Waals surface area contributed by atoms with Crippen molar-refractivity contribution >= 4 is 156 Å². The Labute approximate surface area is 687 Å². The van der Waals surface area contributed by atoms with Crippen LogP contribution in [0.4, 0.5) is 37.2 Å². The minimum atomic E-state index is -0.423. The van der Waals surface area contributed by atoms with E-state index < -0.39 is 11.6 Å². The summed E-state index contributed by atoms with van der Waals surface area (Å²) in [5.74, 6) is -0.184. The van der Waals surface area contributed by atoms with Gasteiger partial charge in [-0.25, -0.2) is 23.8 Å². The van der Waals surface area contributed by atoms with E-state index in [0.29, 0.717) is 101 Å². The molecule has 9 aromatic carbocycles. The summed E-state index contributed by atoms with van der Waals surface area (Å²) in [6, 6.07) is 58.2. The monoisotopic (exact) mass is 1640 g/mol. The number of likely N-dealkylation sites (N-methyl/N-ethyl adjacent to an activating group) is 1. The molecular formula is C89H80ClF2N9O10S4. The number of aliphatic imine (C=N–C) groups is 4. The number of phenols is 4. The van der Waals surface area contributed by atoms with Crippen molar-refractivity contribution in [3.8, 4) is 40.2 Å². The molecule has 1 aromatic heterocycles. The summed E-state index contributed by atoms with van der Waals surface area (Å²) in [6.45, 7) is 19.4. The van der Waals surface area contributed by atoms with E-state index in [9.17, 15) is 48.4 Å². The third-order valence-corrected chi connectivity index (χ3v) is 21.3. The number of thioether (sulfide) groups is 4. The van der Waals surface area contributed by atoms with Crippen molar-refractivity contribution in [2.24, 2.45) is 20.0 Å². The van der Waals surface area contributed by atoms with E-state index in [1.54, 1.807) is 83.5 Å². The smallest absolute Gasteiger partial charge is 0.271 e. The van der Waals surface area contributed by atoms with Crippen LogP contribution in [0.25, 0.3) is 30.0 Å². The van der Waals surface area contributed by atoms with E-state index in [-0.39, 0.29) is 46.6 Å². The average molecular weight is 1640 g/mol. The lowest BCUT2D eigenvalue weighted by atomic mass is 10.0. The van der Waals surface area contributed by atoms with Gasteiger partial charge in [0.1, 0.15) is 23.1 Å². The molecule has 4 amide bonds. The van der Waals surface area contributed by atoms with Gasteiger partial charge in [0.2, 0.25) is 0 Å². The second-order valence-electron chi connectivity index (χ2n) is 25.6. The molecule has 4 aliphatic rings. The second-order valence-corrected chi connectivity index (χ2v) is 30.1. The number of carbonyl (C=O) groups is 4. The summed E-state index contributed by atoms with van der Waals surface area (Å²) in [4.78, 5) is 76.5. The zero-order valence-electron chi connectivity index (χ0n) is 63.6. The molecule has 0 spiro atoms. The van der Waals surface area contributed by atoms with E-state index in [1.165, 1.54) is 94.8 Å². The molecule has 0 aliphatic carbocycles. The van der Waals surface area contributed by atoms with Crippen molar-refractivity contribution < 1.29 is 57.9 Å². The lowest BCUT2D eigenvalue weighted by Gasteiger charge is -2.16. The summed E-state index contributed by atoms with van der Waals surface area (Å²) in [5, 5.41) is 44.9. The number of benzene rings is 9.